The van der Waals surface area contributed by atoms with Crippen LogP contribution in [0.25, 0.3) is 22.6 Å². The number of anilines is 1. The lowest BCUT2D eigenvalue weighted by atomic mass is 9.85. The van der Waals surface area contributed by atoms with Gasteiger partial charge in [0.2, 0.25) is 5.91 Å². The molecule has 10 heteroatoms. The summed E-state index contributed by atoms with van der Waals surface area (Å²) in [5, 5.41) is 10.9. The monoisotopic (exact) mass is 473 g/mol. The number of hydrogen-bond donors (Lipinski definition) is 2. The molecular formula is C25H24FN7O2. The van der Waals surface area contributed by atoms with Gasteiger partial charge in [0, 0.05) is 23.9 Å². The van der Waals surface area contributed by atoms with Gasteiger partial charge in [-0.2, -0.15) is 5.10 Å². The van der Waals surface area contributed by atoms with Crippen molar-refractivity contribution >= 4 is 28.7 Å². The Bertz CT molecular complexity index is 1480. The number of amides is 2. The molecule has 4 heterocycles. The van der Waals surface area contributed by atoms with Gasteiger partial charge in [0.25, 0.3) is 5.91 Å². The van der Waals surface area contributed by atoms with Crippen LogP contribution in [-0.2, 0) is 16.8 Å². The van der Waals surface area contributed by atoms with E-state index in [1.165, 1.54) is 6.07 Å². The summed E-state index contributed by atoms with van der Waals surface area (Å²) in [6.45, 7) is 6.04. The van der Waals surface area contributed by atoms with E-state index in [1.54, 1.807) is 49.0 Å². The molecule has 0 aliphatic carbocycles. The fourth-order valence-electron chi connectivity index (χ4n) is 4.19. The first-order valence-electron chi connectivity index (χ1n) is 11.4. The van der Waals surface area contributed by atoms with E-state index < -0.39 is 5.41 Å². The summed E-state index contributed by atoms with van der Waals surface area (Å²) in [7, 11) is 0. The number of hydrogen-bond acceptors (Lipinski definition) is 6. The van der Waals surface area contributed by atoms with Crippen LogP contribution in [0, 0.1) is 5.82 Å². The number of carbonyl (C=O) groups excluding carboxylic acids is 2. The Balaban J connectivity index is 1.68. The minimum atomic E-state index is -0.972. The molecule has 0 radical (unpaired) electrons. The highest BCUT2D eigenvalue weighted by Gasteiger charge is 2.44. The first kappa shape index (κ1) is 22.6. The molecule has 0 fully saturated rings. The van der Waals surface area contributed by atoms with Gasteiger partial charge in [0.05, 0.1) is 17.3 Å². The lowest BCUT2D eigenvalue weighted by molar-refractivity contribution is -0.119. The molecule has 2 N–H and O–H groups in total. The summed E-state index contributed by atoms with van der Waals surface area (Å²) in [6.07, 6.45) is 2.38. The maximum atomic E-state index is 14.3. The zero-order chi connectivity index (χ0) is 24.7. The first-order chi connectivity index (χ1) is 16.8. The second kappa shape index (κ2) is 8.53. The number of nitrogens with zero attached hydrogens (tertiary/aromatic N) is 5. The highest BCUT2D eigenvalue weighted by atomic mass is 19.1. The van der Waals surface area contributed by atoms with E-state index in [0.29, 0.717) is 34.4 Å². The quantitative estimate of drug-likeness (QED) is 0.443. The van der Waals surface area contributed by atoms with E-state index in [1.807, 2.05) is 13.0 Å². The average molecular weight is 474 g/mol. The number of pyridine rings is 1. The summed E-state index contributed by atoms with van der Waals surface area (Å²) >= 11 is 0. The number of rotatable bonds is 6. The lowest BCUT2D eigenvalue weighted by Crippen LogP contribution is -2.32. The predicted octanol–water partition coefficient (Wildman–Crippen LogP) is 3.45. The molecule has 1 aliphatic rings. The average Bonchev–Trinajstić information content (AvgIpc) is 3.32. The number of fused-ring (bicyclic) bond motifs is 2. The molecule has 9 nitrogen and oxygen atoms in total. The van der Waals surface area contributed by atoms with Crippen LogP contribution < -0.4 is 10.6 Å². The van der Waals surface area contributed by atoms with Crippen LogP contribution in [0.2, 0.25) is 0 Å². The van der Waals surface area contributed by atoms with Crippen LogP contribution in [0.5, 0.6) is 0 Å². The number of carbonyl (C=O) groups is 2. The molecule has 4 aromatic rings. The van der Waals surface area contributed by atoms with Gasteiger partial charge in [-0.05, 0) is 38.5 Å². The standard InChI is InChI=1S/C25H24FN7O2/c1-4-11-28-23(34)19-17-20(31-24(35)25(17,2)3)30-21(29-19)18-15-9-7-12-27-22(15)33(32-18)13-14-8-5-6-10-16(14)26/h5-10,12H,4,11,13H2,1-3H3,(H,28,34)(H,29,30,31,35). The Kier molecular flexibility index (Phi) is 5.50. The molecule has 3 aromatic heterocycles. The molecule has 5 rings (SSSR count). The van der Waals surface area contributed by atoms with Crippen LogP contribution in [0.4, 0.5) is 10.2 Å². The fraction of sp³-hybridized carbons (Fsp3) is 0.280. The summed E-state index contributed by atoms with van der Waals surface area (Å²) in [5.41, 5.74) is 0.973. The maximum Gasteiger partial charge on any atom is 0.270 e. The van der Waals surface area contributed by atoms with Gasteiger partial charge in [-0.3, -0.25) is 9.59 Å². The van der Waals surface area contributed by atoms with Crippen molar-refractivity contribution in [1.82, 2.24) is 30.0 Å². The Morgan fingerprint density at radius 2 is 1.97 bits per heavy atom. The van der Waals surface area contributed by atoms with E-state index in [0.717, 1.165) is 6.42 Å². The third kappa shape index (κ3) is 3.80. The Labute approximate surface area is 200 Å². The Morgan fingerprint density at radius 3 is 2.74 bits per heavy atom. The van der Waals surface area contributed by atoms with Gasteiger partial charge in [-0.15, -0.1) is 0 Å². The molecule has 0 spiro atoms. The van der Waals surface area contributed by atoms with Gasteiger partial charge in [0.15, 0.2) is 11.5 Å². The summed E-state index contributed by atoms with van der Waals surface area (Å²) < 4.78 is 15.9. The maximum absolute atomic E-state index is 14.3. The number of aromatic nitrogens is 5. The summed E-state index contributed by atoms with van der Waals surface area (Å²) in [5.74, 6) is -0.534. The molecule has 0 atom stereocenters. The molecule has 2 amide bonds. The van der Waals surface area contributed by atoms with Crippen molar-refractivity contribution in [1.29, 1.82) is 0 Å². The van der Waals surface area contributed by atoms with E-state index in [4.69, 9.17) is 0 Å². The van der Waals surface area contributed by atoms with Gasteiger partial charge in [-0.25, -0.2) is 24.0 Å². The van der Waals surface area contributed by atoms with Crippen molar-refractivity contribution in [2.45, 2.75) is 39.2 Å². The van der Waals surface area contributed by atoms with Gasteiger partial charge >= 0.3 is 0 Å². The van der Waals surface area contributed by atoms with Crippen molar-refractivity contribution in [3.63, 3.8) is 0 Å². The largest absolute Gasteiger partial charge is 0.351 e. The second-order valence-electron chi connectivity index (χ2n) is 8.93. The van der Waals surface area contributed by atoms with Crippen molar-refractivity contribution < 1.29 is 14.0 Å². The van der Waals surface area contributed by atoms with Crippen molar-refractivity contribution in [3.8, 4) is 11.5 Å². The summed E-state index contributed by atoms with van der Waals surface area (Å²) in [4.78, 5) is 39.3. The van der Waals surface area contributed by atoms with E-state index in [9.17, 15) is 14.0 Å². The number of benzene rings is 1. The lowest BCUT2D eigenvalue weighted by Gasteiger charge is -2.18. The molecule has 178 valence electrons. The third-order valence-electron chi connectivity index (χ3n) is 6.08. The minimum Gasteiger partial charge on any atom is -0.351 e. The van der Waals surface area contributed by atoms with E-state index in [-0.39, 0.29) is 41.5 Å². The summed E-state index contributed by atoms with van der Waals surface area (Å²) in [6, 6.07) is 10.0. The zero-order valence-electron chi connectivity index (χ0n) is 19.6. The SMILES string of the molecule is CCCNC(=O)c1nc(-c2nn(Cc3ccccc3F)c3ncccc23)nc2c1C(C)(C)C(=O)N2. The Hall–Kier alpha value is -4.21. The Morgan fingerprint density at radius 1 is 1.17 bits per heavy atom. The first-order valence-corrected chi connectivity index (χ1v) is 11.4. The predicted molar refractivity (Wildman–Crippen MR) is 128 cm³/mol. The zero-order valence-corrected chi connectivity index (χ0v) is 19.6. The topological polar surface area (TPSA) is 115 Å². The van der Waals surface area contributed by atoms with Crippen molar-refractivity contribution in [3.05, 3.63) is 65.2 Å². The normalized spacial score (nSPS) is 14.1. The fourth-order valence-corrected chi connectivity index (χ4v) is 4.19. The van der Waals surface area contributed by atoms with Crippen LogP contribution in [-0.4, -0.2) is 43.1 Å². The van der Waals surface area contributed by atoms with Crippen LogP contribution in [0.1, 0.15) is 48.8 Å². The van der Waals surface area contributed by atoms with Crippen LogP contribution in [0.3, 0.4) is 0 Å². The van der Waals surface area contributed by atoms with Crippen LogP contribution >= 0.6 is 0 Å². The smallest absolute Gasteiger partial charge is 0.270 e. The molecule has 1 aliphatic heterocycles. The molecule has 0 unspecified atom stereocenters. The molecule has 35 heavy (non-hydrogen) atoms. The second-order valence-corrected chi connectivity index (χ2v) is 8.93. The van der Waals surface area contributed by atoms with E-state index in [2.05, 4.69) is 30.7 Å². The molecule has 1 aromatic carbocycles. The molecular weight excluding hydrogens is 449 g/mol. The van der Waals surface area contributed by atoms with E-state index >= 15 is 0 Å². The van der Waals surface area contributed by atoms with Gasteiger partial charge in [-0.1, -0.05) is 25.1 Å². The third-order valence-corrected chi connectivity index (χ3v) is 6.08. The van der Waals surface area contributed by atoms with Gasteiger partial charge < -0.3 is 10.6 Å². The van der Waals surface area contributed by atoms with Crippen molar-refractivity contribution in [2.24, 2.45) is 0 Å². The van der Waals surface area contributed by atoms with Crippen molar-refractivity contribution in [2.75, 3.05) is 11.9 Å². The molecule has 0 bridgehead atoms. The van der Waals surface area contributed by atoms with Gasteiger partial charge in [0.1, 0.15) is 23.0 Å². The minimum absolute atomic E-state index is 0.127. The number of nitrogens with one attached hydrogen (secondary N) is 2. The number of halogens is 1. The highest BCUT2D eigenvalue weighted by Crippen LogP contribution is 2.39. The van der Waals surface area contributed by atoms with Crippen LogP contribution in [0.15, 0.2) is 42.6 Å². The highest BCUT2D eigenvalue weighted by molar-refractivity contribution is 6.09. The molecule has 0 saturated heterocycles. The molecule has 0 saturated carbocycles.